The lowest BCUT2D eigenvalue weighted by atomic mass is 9.53. The number of fused-ring (bicyclic) bond motifs is 1. The highest BCUT2D eigenvalue weighted by Gasteiger charge is 2.70. The fourth-order valence-electron chi connectivity index (χ4n) is 11.3. The zero-order valence-electron chi connectivity index (χ0n) is 33.1. The van der Waals surface area contributed by atoms with Crippen molar-refractivity contribution in [3.8, 4) is 0 Å². The van der Waals surface area contributed by atoms with Crippen LogP contribution >= 0.6 is 0 Å². The molecule has 0 aromatic rings. The van der Waals surface area contributed by atoms with E-state index < -0.39 is 41.3 Å². The Morgan fingerprint density at radius 3 is 2.13 bits per heavy atom. The highest BCUT2D eigenvalue weighted by atomic mass is 16.2. The number of nitrogens with one attached hydrogen (secondary N) is 5. The molecule has 7 rings (SSSR count). The van der Waals surface area contributed by atoms with Gasteiger partial charge in [-0.15, -0.1) is 6.58 Å². The van der Waals surface area contributed by atoms with E-state index in [4.69, 9.17) is 0 Å². The van der Waals surface area contributed by atoms with Crippen molar-refractivity contribution in [3.63, 3.8) is 0 Å². The standard InChI is InChI=1S/C42H64N6O6/c1-7-8-15-30(35(50)37(52)43-17-12-16-31(49)46-40(2,3)4)44-36(51)34-32-29(41(32,5)6)24-48(34)38(53)33(28-13-10-9-11-14-28)45-39(54)47-42-21-25-18-26(22-42)20-27(19-25)23-42/h7,12,16,25-30,32-34H,1,8-11,13-15,17-24H2,2-6H3,(H,43,52)(H,44,51)(H,46,49)(H2,45,47,54)/b16-12+/t25?,26?,27?,29-,30?,32-,33-,34-,42?/m0/s1. The van der Waals surface area contributed by atoms with Crippen LogP contribution in [0.25, 0.3) is 0 Å². The van der Waals surface area contributed by atoms with Crippen molar-refractivity contribution in [2.45, 2.75) is 147 Å². The van der Waals surface area contributed by atoms with Crippen LogP contribution in [0.15, 0.2) is 24.8 Å². The maximum absolute atomic E-state index is 14.7. The van der Waals surface area contributed by atoms with Gasteiger partial charge in [-0.3, -0.25) is 24.0 Å². The number of urea groups is 1. The van der Waals surface area contributed by atoms with E-state index in [1.165, 1.54) is 31.4 Å². The molecular formula is C42H64N6O6. The third kappa shape index (κ3) is 8.88. The second kappa shape index (κ2) is 15.8. The summed E-state index contributed by atoms with van der Waals surface area (Å²) in [5.74, 6) is -0.712. The summed E-state index contributed by atoms with van der Waals surface area (Å²) in [5, 5.41) is 14.8. The van der Waals surface area contributed by atoms with Crippen LogP contribution in [-0.4, -0.2) is 82.6 Å². The van der Waals surface area contributed by atoms with Crippen molar-refractivity contribution < 1.29 is 28.8 Å². The Hall–Kier alpha value is -3.70. The predicted molar refractivity (Wildman–Crippen MR) is 206 cm³/mol. The van der Waals surface area contributed by atoms with Gasteiger partial charge in [0.25, 0.3) is 5.91 Å². The first-order valence-electron chi connectivity index (χ1n) is 20.6. The van der Waals surface area contributed by atoms with Gasteiger partial charge in [0, 0.05) is 30.2 Å². The van der Waals surface area contributed by atoms with Gasteiger partial charge in [-0.2, -0.15) is 0 Å². The minimum atomic E-state index is -1.13. The smallest absolute Gasteiger partial charge is 0.315 e. The number of ketones is 1. The van der Waals surface area contributed by atoms with Gasteiger partial charge in [0.1, 0.15) is 12.1 Å². The second-order valence-corrected chi connectivity index (χ2v) is 19.2. The molecule has 0 radical (unpaired) electrons. The summed E-state index contributed by atoms with van der Waals surface area (Å²) in [4.78, 5) is 83.1. The third-order valence-corrected chi connectivity index (χ3v) is 13.5. The summed E-state index contributed by atoms with van der Waals surface area (Å²) in [5.41, 5.74) is -0.786. The summed E-state index contributed by atoms with van der Waals surface area (Å²) in [6.07, 6.45) is 16.5. The van der Waals surface area contributed by atoms with Crippen molar-refractivity contribution >= 4 is 35.4 Å². The van der Waals surface area contributed by atoms with Crippen LogP contribution in [0.4, 0.5) is 4.79 Å². The highest BCUT2D eigenvalue weighted by Crippen LogP contribution is 2.65. The molecule has 12 heteroatoms. The maximum Gasteiger partial charge on any atom is 0.315 e. The van der Waals surface area contributed by atoms with E-state index in [0.29, 0.717) is 30.7 Å². The topological polar surface area (TPSA) is 166 Å². The molecular weight excluding hydrogens is 684 g/mol. The summed E-state index contributed by atoms with van der Waals surface area (Å²) < 4.78 is 0. The molecule has 7 fully saturated rings. The number of nitrogens with zero attached hydrogens (tertiary/aromatic N) is 1. The van der Waals surface area contributed by atoms with Crippen molar-refractivity contribution in [2.24, 2.45) is 40.9 Å². The number of likely N-dealkylation sites (tertiary alicyclic amines) is 1. The van der Waals surface area contributed by atoms with E-state index in [-0.39, 0.29) is 59.5 Å². The molecule has 0 spiro atoms. The van der Waals surface area contributed by atoms with Crippen LogP contribution < -0.4 is 26.6 Å². The Bertz CT molecular complexity index is 1490. The second-order valence-electron chi connectivity index (χ2n) is 19.2. The van der Waals surface area contributed by atoms with Gasteiger partial charge < -0.3 is 31.5 Å². The number of amides is 6. The average molecular weight is 749 g/mol. The SMILES string of the molecule is C=CCCC(NC(=O)[C@@H]1[C@@H]2[C@H](CN1C(=O)[C@@H](NC(=O)NC13CC4CC(CC(C4)C1)C3)C1CCCCC1)C2(C)C)C(=O)C(=O)NC/C=C/C(=O)NC(C)(C)C. The minimum Gasteiger partial charge on any atom is -0.348 e. The molecule has 6 saturated carbocycles. The number of hydrogen-bond donors (Lipinski definition) is 5. The number of carbonyl (C=O) groups is 6. The Balaban J connectivity index is 1.14. The molecule has 0 aromatic carbocycles. The average Bonchev–Trinajstić information content (AvgIpc) is 3.39. The zero-order valence-corrected chi connectivity index (χ0v) is 33.1. The zero-order chi connectivity index (χ0) is 39.0. The first-order valence-corrected chi connectivity index (χ1v) is 20.6. The van der Waals surface area contributed by atoms with Crippen LogP contribution in [-0.2, 0) is 24.0 Å². The Labute approximate surface area is 321 Å². The molecule has 12 nitrogen and oxygen atoms in total. The molecule has 298 valence electrons. The molecule has 1 unspecified atom stereocenters. The molecule has 1 aliphatic heterocycles. The lowest BCUT2D eigenvalue weighted by molar-refractivity contribution is -0.144. The summed E-state index contributed by atoms with van der Waals surface area (Å²) in [6, 6.07) is -2.99. The van der Waals surface area contributed by atoms with E-state index in [2.05, 4.69) is 47.0 Å². The largest absolute Gasteiger partial charge is 0.348 e. The van der Waals surface area contributed by atoms with Crippen LogP contribution in [0, 0.1) is 40.9 Å². The van der Waals surface area contributed by atoms with Gasteiger partial charge in [0.15, 0.2) is 0 Å². The van der Waals surface area contributed by atoms with Crippen LogP contribution in [0.3, 0.4) is 0 Å². The van der Waals surface area contributed by atoms with E-state index >= 15 is 0 Å². The Morgan fingerprint density at radius 2 is 1.54 bits per heavy atom. The molecule has 54 heavy (non-hydrogen) atoms. The van der Waals surface area contributed by atoms with E-state index in [0.717, 1.165) is 51.4 Å². The molecule has 4 bridgehead atoms. The van der Waals surface area contributed by atoms with Crippen molar-refractivity contribution in [1.29, 1.82) is 0 Å². The molecule has 5 N–H and O–H groups in total. The first-order chi connectivity index (χ1) is 25.5. The third-order valence-electron chi connectivity index (χ3n) is 13.5. The van der Waals surface area contributed by atoms with E-state index in [1.54, 1.807) is 11.0 Å². The normalized spacial score (nSPS) is 31.9. The number of piperidine rings is 1. The lowest BCUT2D eigenvalue weighted by Crippen LogP contribution is -2.64. The lowest BCUT2D eigenvalue weighted by Gasteiger charge is -2.56. The van der Waals surface area contributed by atoms with Gasteiger partial charge >= 0.3 is 6.03 Å². The minimum absolute atomic E-state index is 0.0267. The Morgan fingerprint density at radius 1 is 0.907 bits per heavy atom. The number of hydrogen-bond acceptors (Lipinski definition) is 6. The van der Waals surface area contributed by atoms with Crippen LogP contribution in [0.2, 0.25) is 0 Å². The van der Waals surface area contributed by atoms with E-state index in [1.807, 2.05) is 20.8 Å². The van der Waals surface area contributed by atoms with E-state index in [9.17, 15) is 28.8 Å². The quantitative estimate of drug-likeness (QED) is 0.101. The number of allylic oxidation sites excluding steroid dienone is 1. The van der Waals surface area contributed by atoms with Gasteiger partial charge in [0.2, 0.25) is 23.5 Å². The molecule has 6 amide bonds. The van der Waals surface area contributed by atoms with Gasteiger partial charge in [-0.05, 0) is 126 Å². The summed E-state index contributed by atoms with van der Waals surface area (Å²) >= 11 is 0. The van der Waals surface area contributed by atoms with Crippen LogP contribution in [0.1, 0.15) is 118 Å². The fourth-order valence-corrected chi connectivity index (χ4v) is 11.3. The van der Waals surface area contributed by atoms with Gasteiger partial charge in [0.05, 0.1) is 6.04 Å². The van der Waals surface area contributed by atoms with Crippen molar-refractivity contribution in [1.82, 2.24) is 31.5 Å². The Kier molecular flexibility index (Phi) is 11.7. The van der Waals surface area contributed by atoms with Crippen molar-refractivity contribution in [3.05, 3.63) is 24.8 Å². The fraction of sp³-hybridized carbons (Fsp3) is 0.762. The predicted octanol–water partition coefficient (Wildman–Crippen LogP) is 4.29. The van der Waals surface area contributed by atoms with Gasteiger partial charge in [-0.25, -0.2) is 4.79 Å². The molecule has 1 heterocycles. The molecule has 0 aromatic heterocycles. The van der Waals surface area contributed by atoms with Gasteiger partial charge in [-0.1, -0.05) is 45.3 Å². The highest BCUT2D eigenvalue weighted by molar-refractivity contribution is 6.38. The number of Topliss-reactive ketones (excluding diaryl/α,β-unsaturated/α-hetero) is 1. The van der Waals surface area contributed by atoms with Crippen molar-refractivity contribution in [2.75, 3.05) is 13.1 Å². The maximum atomic E-state index is 14.7. The first kappa shape index (κ1) is 40.0. The molecule has 7 aliphatic rings. The number of carbonyl (C=O) groups excluding carboxylic acids is 6. The molecule has 6 aliphatic carbocycles. The summed E-state index contributed by atoms with van der Waals surface area (Å²) in [7, 11) is 0. The van der Waals surface area contributed by atoms with Crippen LogP contribution in [0.5, 0.6) is 0 Å². The molecule has 1 saturated heterocycles. The number of rotatable bonds is 14. The monoisotopic (exact) mass is 748 g/mol. The summed E-state index contributed by atoms with van der Waals surface area (Å²) in [6.45, 7) is 13.9. The molecule has 5 atom stereocenters.